The Morgan fingerprint density at radius 3 is 2.60 bits per heavy atom. The molecule has 0 bridgehead atoms. The van der Waals surface area contributed by atoms with Gasteiger partial charge < -0.3 is 10.2 Å². The van der Waals surface area contributed by atoms with Gasteiger partial charge in [-0.3, -0.25) is 10.1 Å². The van der Waals surface area contributed by atoms with Crippen LogP contribution in [0, 0.1) is 6.92 Å². The maximum atomic E-state index is 12.9. The summed E-state index contributed by atoms with van der Waals surface area (Å²) in [7, 11) is 0. The molecule has 9 heteroatoms. The molecule has 0 spiro atoms. The molecule has 2 aromatic heterocycles. The third kappa shape index (κ3) is 3.40. The van der Waals surface area contributed by atoms with Crippen LogP contribution in [-0.2, 0) is 17.8 Å². The molecule has 2 aromatic carbocycles. The smallest absolute Gasteiger partial charge is 0.323 e. The number of hydrogen-bond donors (Lipinski definition) is 2. The predicted molar refractivity (Wildman–Crippen MR) is 121 cm³/mol. The fourth-order valence-corrected chi connectivity index (χ4v) is 5.79. The van der Waals surface area contributed by atoms with Gasteiger partial charge in [0.05, 0.1) is 25.4 Å². The van der Waals surface area contributed by atoms with Crippen LogP contribution in [0.25, 0.3) is 20.4 Å². The molecule has 0 saturated heterocycles. The van der Waals surface area contributed by atoms with Crippen molar-refractivity contribution in [2.75, 3.05) is 17.2 Å². The summed E-state index contributed by atoms with van der Waals surface area (Å²) in [4.78, 5) is 35.2. The van der Waals surface area contributed by atoms with E-state index < -0.39 is 0 Å². The summed E-state index contributed by atoms with van der Waals surface area (Å²) < 4.78 is 2.16. The minimum atomic E-state index is -0.165. The van der Waals surface area contributed by atoms with Gasteiger partial charge in [0.25, 0.3) is 0 Å². The van der Waals surface area contributed by atoms with Crippen LogP contribution < -0.4 is 10.6 Å². The largest absolute Gasteiger partial charge is 0.326 e. The van der Waals surface area contributed by atoms with Crippen LogP contribution >= 0.6 is 22.7 Å². The zero-order valence-corrected chi connectivity index (χ0v) is 18.1. The lowest BCUT2D eigenvalue weighted by Gasteiger charge is -2.29. The molecule has 0 aliphatic carbocycles. The first-order valence-corrected chi connectivity index (χ1v) is 11.2. The molecule has 0 radical (unpaired) electrons. The molecule has 0 fully saturated rings. The molecule has 2 N–H and O–H groups in total. The standard InChI is InChI=1S/C21H19N5O2S2/c1-11(27)22-15-5-3-4-13-10-26(9-8-14(13)15)21(28)25-20-24-17-7-6-16-18(19(17)30-20)29-12(2)23-16/h3-7H,8-10H2,1-2H3,(H,22,27)(H,24,25,28). The fraction of sp³-hybridized carbons (Fsp3) is 0.238. The summed E-state index contributed by atoms with van der Waals surface area (Å²) in [5.41, 5.74) is 4.81. The average molecular weight is 438 g/mol. The first kappa shape index (κ1) is 19.0. The minimum absolute atomic E-state index is 0.0929. The summed E-state index contributed by atoms with van der Waals surface area (Å²) in [5.74, 6) is -0.0929. The first-order chi connectivity index (χ1) is 14.5. The van der Waals surface area contributed by atoms with Gasteiger partial charge in [-0.1, -0.05) is 23.5 Å². The Morgan fingerprint density at radius 2 is 1.80 bits per heavy atom. The molecule has 0 atom stereocenters. The van der Waals surface area contributed by atoms with Gasteiger partial charge in [0.1, 0.15) is 0 Å². The highest BCUT2D eigenvalue weighted by atomic mass is 32.1. The Labute approximate surface area is 180 Å². The van der Waals surface area contributed by atoms with Gasteiger partial charge in [0.15, 0.2) is 5.13 Å². The Hall–Kier alpha value is -3.04. The van der Waals surface area contributed by atoms with Gasteiger partial charge in [0.2, 0.25) is 5.91 Å². The van der Waals surface area contributed by atoms with Gasteiger partial charge in [-0.05, 0) is 42.7 Å². The number of urea groups is 1. The van der Waals surface area contributed by atoms with E-state index in [9.17, 15) is 9.59 Å². The summed E-state index contributed by atoms with van der Waals surface area (Å²) in [6.45, 7) is 4.57. The SMILES string of the molecule is CC(=O)Nc1cccc2c1CCN(C(=O)Nc1nc3ccc4nc(C)sc4c3s1)C2. The summed E-state index contributed by atoms with van der Waals surface area (Å²) in [6, 6.07) is 9.56. The Balaban J connectivity index is 1.36. The number of hydrogen-bond acceptors (Lipinski definition) is 6. The average Bonchev–Trinajstić information content (AvgIpc) is 3.29. The van der Waals surface area contributed by atoms with Crippen LogP contribution in [0.2, 0.25) is 0 Å². The van der Waals surface area contributed by atoms with Crippen molar-refractivity contribution in [1.29, 1.82) is 0 Å². The monoisotopic (exact) mass is 437 g/mol. The maximum absolute atomic E-state index is 12.9. The third-order valence-corrected chi connectivity index (χ3v) is 7.23. The van der Waals surface area contributed by atoms with Crippen molar-refractivity contribution in [2.45, 2.75) is 26.8 Å². The molecule has 1 aliphatic heterocycles. The molecule has 5 rings (SSSR count). The lowest BCUT2D eigenvalue weighted by Crippen LogP contribution is -2.39. The second-order valence-electron chi connectivity index (χ2n) is 7.24. The second-order valence-corrected chi connectivity index (χ2v) is 9.44. The quantitative estimate of drug-likeness (QED) is 0.473. The van der Waals surface area contributed by atoms with Crippen LogP contribution in [-0.4, -0.2) is 33.4 Å². The number of amides is 3. The van der Waals surface area contributed by atoms with Gasteiger partial charge in [0, 0.05) is 25.7 Å². The summed E-state index contributed by atoms with van der Waals surface area (Å²) in [6.07, 6.45) is 0.694. The number of carbonyl (C=O) groups is 2. The number of fused-ring (bicyclic) bond motifs is 4. The number of aryl methyl sites for hydroxylation is 1. The molecule has 4 aromatic rings. The molecule has 152 valence electrons. The van der Waals surface area contributed by atoms with Crippen LogP contribution in [0.1, 0.15) is 23.1 Å². The number of nitrogens with one attached hydrogen (secondary N) is 2. The molecule has 30 heavy (non-hydrogen) atoms. The number of thiazole rings is 2. The Morgan fingerprint density at radius 1 is 1.03 bits per heavy atom. The molecule has 1 aliphatic rings. The number of nitrogens with zero attached hydrogens (tertiary/aromatic N) is 3. The predicted octanol–water partition coefficient (Wildman–Crippen LogP) is 4.76. The second kappa shape index (κ2) is 7.33. The topological polar surface area (TPSA) is 87.2 Å². The Kier molecular flexibility index (Phi) is 4.63. The van der Waals surface area contributed by atoms with E-state index in [0.29, 0.717) is 24.6 Å². The van der Waals surface area contributed by atoms with E-state index in [1.807, 2.05) is 37.3 Å². The molecular weight excluding hydrogens is 418 g/mol. The summed E-state index contributed by atoms with van der Waals surface area (Å²) in [5, 5.41) is 7.44. The highest BCUT2D eigenvalue weighted by molar-refractivity contribution is 7.28. The van der Waals surface area contributed by atoms with Crippen molar-refractivity contribution < 1.29 is 9.59 Å². The van der Waals surface area contributed by atoms with Gasteiger partial charge in [-0.25, -0.2) is 14.8 Å². The zero-order valence-electron chi connectivity index (χ0n) is 16.5. The highest BCUT2D eigenvalue weighted by Gasteiger charge is 2.23. The molecular formula is C21H19N5O2S2. The first-order valence-electron chi connectivity index (χ1n) is 9.59. The number of rotatable bonds is 2. The van der Waals surface area contributed by atoms with E-state index in [4.69, 9.17) is 0 Å². The number of aromatic nitrogens is 2. The van der Waals surface area contributed by atoms with Crippen molar-refractivity contribution in [3.63, 3.8) is 0 Å². The number of carbonyl (C=O) groups excluding carboxylic acids is 2. The van der Waals surface area contributed by atoms with E-state index in [2.05, 4.69) is 20.6 Å². The Bertz CT molecular complexity index is 1310. The van der Waals surface area contributed by atoms with Crippen LogP contribution in [0.15, 0.2) is 30.3 Å². The van der Waals surface area contributed by atoms with Gasteiger partial charge in [-0.2, -0.15) is 0 Å². The van der Waals surface area contributed by atoms with Crippen molar-refractivity contribution in [3.05, 3.63) is 46.5 Å². The minimum Gasteiger partial charge on any atom is -0.326 e. The highest BCUT2D eigenvalue weighted by Crippen LogP contribution is 2.36. The van der Waals surface area contributed by atoms with Crippen LogP contribution in [0.5, 0.6) is 0 Å². The summed E-state index contributed by atoms with van der Waals surface area (Å²) >= 11 is 3.13. The third-order valence-electron chi connectivity index (χ3n) is 5.10. The van der Waals surface area contributed by atoms with Crippen molar-refractivity contribution in [1.82, 2.24) is 14.9 Å². The fourth-order valence-electron chi connectivity index (χ4n) is 3.80. The van der Waals surface area contributed by atoms with E-state index in [1.165, 1.54) is 18.3 Å². The molecule has 0 saturated carbocycles. The van der Waals surface area contributed by atoms with E-state index >= 15 is 0 Å². The van der Waals surface area contributed by atoms with Crippen LogP contribution in [0.3, 0.4) is 0 Å². The molecule has 7 nitrogen and oxygen atoms in total. The zero-order chi connectivity index (χ0) is 20.8. The van der Waals surface area contributed by atoms with Crippen molar-refractivity contribution in [3.8, 4) is 0 Å². The molecule has 3 amide bonds. The lowest BCUT2D eigenvalue weighted by atomic mass is 9.98. The molecule has 0 unspecified atom stereocenters. The number of anilines is 2. The lowest BCUT2D eigenvalue weighted by molar-refractivity contribution is -0.114. The van der Waals surface area contributed by atoms with E-state index in [1.54, 1.807) is 16.2 Å². The van der Waals surface area contributed by atoms with Gasteiger partial charge in [-0.15, -0.1) is 11.3 Å². The number of benzene rings is 2. The maximum Gasteiger partial charge on any atom is 0.323 e. The van der Waals surface area contributed by atoms with Gasteiger partial charge >= 0.3 is 6.03 Å². The molecule has 3 heterocycles. The van der Waals surface area contributed by atoms with Crippen molar-refractivity contribution >= 4 is 65.9 Å². The van der Waals surface area contributed by atoms with Crippen LogP contribution in [0.4, 0.5) is 15.6 Å². The normalized spacial score (nSPS) is 13.5. The van der Waals surface area contributed by atoms with Crippen molar-refractivity contribution in [2.24, 2.45) is 0 Å². The van der Waals surface area contributed by atoms with E-state index in [0.717, 1.165) is 42.3 Å². The van der Waals surface area contributed by atoms with E-state index in [-0.39, 0.29) is 11.9 Å².